The van der Waals surface area contributed by atoms with Gasteiger partial charge < -0.3 is 0 Å². The highest BCUT2D eigenvalue weighted by Gasteiger charge is 2.34. The number of benzene rings is 1. The molecule has 2 fully saturated rings. The molecule has 0 spiro atoms. The molecule has 2 atom stereocenters. The zero-order chi connectivity index (χ0) is 12.7. The predicted octanol–water partition coefficient (Wildman–Crippen LogP) is 5.11. The first-order valence-electron chi connectivity index (χ1n) is 7.18. The molecule has 96 valence electrons. The molecule has 0 radical (unpaired) electrons. The lowest BCUT2D eigenvalue weighted by molar-refractivity contribution is 0.646. The van der Waals surface area contributed by atoms with Gasteiger partial charge >= 0.3 is 0 Å². The molecule has 0 bridgehead atoms. The predicted molar refractivity (Wildman–Crippen MR) is 74.2 cm³/mol. The summed E-state index contributed by atoms with van der Waals surface area (Å²) >= 11 is 0. The zero-order valence-electron chi connectivity index (χ0n) is 11.2. The van der Waals surface area contributed by atoms with E-state index in [2.05, 4.69) is 37.2 Å². The molecule has 0 amide bonds. The fraction of sp³-hybridized carbons (Fsp3) is 0.625. The van der Waals surface area contributed by atoms with E-state index in [0.29, 0.717) is 11.8 Å². The van der Waals surface area contributed by atoms with Gasteiger partial charge in [-0.3, -0.25) is 0 Å². The van der Waals surface area contributed by atoms with E-state index in [0.717, 1.165) is 17.5 Å². The van der Waals surface area contributed by atoms with Crippen LogP contribution in [0, 0.1) is 16.7 Å². The van der Waals surface area contributed by atoms with E-state index in [4.69, 9.17) is 0 Å². The molecule has 2 aliphatic carbocycles. The highest BCUT2D eigenvalue weighted by molar-refractivity contribution is 5.56. The van der Waals surface area contributed by atoms with Gasteiger partial charge in [0.15, 0.2) is 0 Å². The van der Waals surface area contributed by atoms with Crippen molar-refractivity contribution in [1.29, 1.82) is 0 Å². The first kappa shape index (κ1) is 11.9. The van der Waals surface area contributed by atoms with Crippen LogP contribution in [0.3, 0.4) is 0 Å². The summed E-state index contributed by atoms with van der Waals surface area (Å²) in [5, 5.41) is 3.38. The molecule has 2 saturated carbocycles. The average Bonchev–Trinajstić information content (AvgIpc) is 3.27. The Morgan fingerprint density at radius 1 is 1.00 bits per heavy atom. The molecule has 1 aromatic rings. The maximum atomic E-state index is 11.3. The van der Waals surface area contributed by atoms with Crippen molar-refractivity contribution in [3.63, 3.8) is 0 Å². The second-order valence-corrected chi connectivity index (χ2v) is 6.13. The fourth-order valence-electron chi connectivity index (χ4n) is 3.12. The summed E-state index contributed by atoms with van der Waals surface area (Å²) in [6.07, 6.45) is 5.23. The van der Waals surface area contributed by atoms with Gasteiger partial charge in [0.2, 0.25) is 0 Å². The van der Waals surface area contributed by atoms with Crippen LogP contribution in [0.25, 0.3) is 0 Å². The Kier molecular flexibility index (Phi) is 2.96. The third-order valence-electron chi connectivity index (χ3n) is 4.83. The van der Waals surface area contributed by atoms with Crippen LogP contribution in [0.4, 0.5) is 5.69 Å². The summed E-state index contributed by atoms with van der Waals surface area (Å²) < 4.78 is 0. The summed E-state index contributed by atoms with van der Waals surface area (Å²) in [5.41, 5.74) is 3.10. The quantitative estimate of drug-likeness (QED) is 0.660. The fourth-order valence-corrected chi connectivity index (χ4v) is 3.12. The van der Waals surface area contributed by atoms with Gasteiger partial charge in [-0.05, 0) is 65.7 Å². The van der Waals surface area contributed by atoms with Gasteiger partial charge in [0.1, 0.15) is 5.69 Å². The van der Waals surface area contributed by atoms with Gasteiger partial charge in [0, 0.05) is 0 Å². The lowest BCUT2D eigenvalue weighted by atomic mass is 9.87. The summed E-state index contributed by atoms with van der Waals surface area (Å²) in [6, 6.07) is 6.31. The molecular formula is C16H21NO. The van der Waals surface area contributed by atoms with Gasteiger partial charge in [0.05, 0.1) is 0 Å². The van der Waals surface area contributed by atoms with Crippen molar-refractivity contribution >= 4 is 5.69 Å². The molecule has 0 heterocycles. The zero-order valence-corrected chi connectivity index (χ0v) is 11.2. The molecule has 0 N–H and O–H groups in total. The first-order chi connectivity index (χ1) is 8.72. The summed E-state index contributed by atoms with van der Waals surface area (Å²) in [5.74, 6) is 2.53. The second-order valence-electron chi connectivity index (χ2n) is 6.13. The highest BCUT2D eigenvalue weighted by atomic mass is 16.3. The highest BCUT2D eigenvalue weighted by Crippen LogP contribution is 2.49. The lowest BCUT2D eigenvalue weighted by Crippen LogP contribution is -2.02. The summed E-state index contributed by atoms with van der Waals surface area (Å²) in [7, 11) is 0. The van der Waals surface area contributed by atoms with Crippen LogP contribution in [0.5, 0.6) is 0 Å². The van der Waals surface area contributed by atoms with Crippen LogP contribution in [0.1, 0.15) is 62.5 Å². The number of hydrogen-bond acceptors (Lipinski definition) is 2. The van der Waals surface area contributed by atoms with Crippen molar-refractivity contribution in [3.8, 4) is 0 Å². The van der Waals surface area contributed by atoms with E-state index in [1.165, 1.54) is 36.8 Å². The molecule has 0 aliphatic heterocycles. The van der Waals surface area contributed by atoms with Crippen LogP contribution in [-0.2, 0) is 0 Å². The van der Waals surface area contributed by atoms with Crippen molar-refractivity contribution in [1.82, 2.24) is 0 Å². The number of nitroso groups, excluding NO2 is 1. The SMILES string of the molecule is CC(c1cccc(C(C)C2CC2)c1N=O)C1CC1. The van der Waals surface area contributed by atoms with Crippen LogP contribution in [0.2, 0.25) is 0 Å². The van der Waals surface area contributed by atoms with Gasteiger partial charge in [-0.15, -0.1) is 4.91 Å². The van der Waals surface area contributed by atoms with Crippen molar-refractivity contribution < 1.29 is 0 Å². The maximum Gasteiger partial charge on any atom is 0.114 e. The topological polar surface area (TPSA) is 29.4 Å². The van der Waals surface area contributed by atoms with Gasteiger partial charge in [-0.2, -0.15) is 0 Å². The van der Waals surface area contributed by atoms with E-state index in [9.17, 15) is 4.91 Å². The second kappa shape index (κ2) is 4.49. The molecule has 1 aromatic carbocycles. The smallest absolute Gasteiger partial charge is 0.114 e. The third-order valence-corrected chi connectivity index (χ3v) is 4.83. The third kappa shape index (κ3) is 2.09. The standard InChI is InChI=1S/C16H21NO/c1-10(12-6-7-12)14-4-3-5-15(16(14)17-18)11(2)13-8-9-13/h3-5,10-13H,6-9H2,1-2H3. The molecule has 2 nitrogen and oxygen atoms in total. The Bertz CT molecular complexity index is 424. The Morgan fingerprint density at radius 2 is 1.44 bits per heavy atom. The van der Waals surface area contributed by atoms with Crippen molar-refractivity contribution in [2.24, 2.45) is 17.0 Å². The summed E-state index contributed by atoms with van der Waals surface area (Å²) in [6.45, 7) is 4.49. The molecule has 18 heavy (non-hydrogen) atoms. The van der Waals surface area contributed by atoms with Crippen LogP contribution < -0.4 is 0 Å². The Morgan fingerprint density at radius 3 is 1.78 bits per heavy atom. The minimum Gasteiger partial charge on any atom is -0.145 e. The average molecular weight is 243 g/mol. The van der Waals surface area contributed by atoms with Gasteiger partial charge in [-0.1, -0.05) is 32.0 Å². The normalized spacial score (nSPS) is 22.6. The van der Waals surface area contributed by atoms with E-state index >= 15 is 0 Å². The van der Waals surface area contributed by atoms with Crippen LogP contribution in [-0.4, -0.2) is 0 Å². The van der Waals surface area contributed by atoms with E-state index in [1.54, 1.807) is 0 Å². The van der Waals surface area contributed by atoms with E-state index in [1.807, 2.05) is 0 Å². The van der Waals surface area contributed by atoms with E-state index < -0.39 is 0 Å². The first-order valence-corrected chi connectivity index (χ1v) is 7.18. The minimum atomic E-state index is 0.490. The van der Waals surface area contributed by atoms with Crippen LogP contribution >= 0.6 is 0 Å². The Balaban J connectivity index is 1.97. The number of hydrogen-bond donors (Lipinski definition) is 0. The van der Waals surface area contributed by atoms with Gasteiger partial charge in [-0.25, -0.2) is 0 Å². The molecule has 2 heteroatoms. The number of rotatable bonds is 5. The lowest BCUT2D eigenvalue weighted by Gasteiger charge is -2.18. The van der Waals surface area contributed by atoms with Crippen molar-refractivity contribution in [3.05, 3.63) is 34.2 Å². The van der Waals surface area contributed by atoms with Crippen molar-refractivity contribution in [2.75, 3.05) is 0 Å². The molecule has 3 rings (SSSR count). The molecular weight excluding hydrogens is 222 g/mol. The Labute approximate surface area is 109 Å². The summed E-state index contributed by atoms with van der Waals surface area (Å²) in [4.78, 5) is 11.3. The van der Waals surface area contributed by atoms with E-state index in [-0.39, 0.29) is 0 Å². The minimum absolute atomic E-state index is 0.490. The molecule has 0 aromatic heterocycles. The number of nitrogens with zero attached hydrogens (tertiary/aromatic N) is 1. The molecule has 0 saturated heterocycles. The van der Waals surface area contributed by atoms with Gasteiger partial charge in [0.25, 0.3) is 0 Å². The monoisotopic (exact) mass is 243 g/mol. The molecule has 2 aliphatic rings. The van der Waals surface area contributed by atoms with Crippen molar-refractivity contribution in [2.45, 2.75) is 51.4 Å². The van der Waals surface area contributed by atoms with Crippen LogP contribution in [0.15, 0.2) is 23.4 Å². The Hall–Kier alpha value is -1.18. The maximum absolute atomic E-state index is 11.3. The largest absolute Gasteiger partial charge is 0.145 e. The molecule has 2 unspecified atom stereocenters.